The number of methoxy groups -OCH3 is 1. The normalized spacial score (nSPS) is 37.4. The van der Waals surface area contributed by atoms with E-state index in [2.05, 4.69) is 5.32 Å². The van der Waals surface area contributed by atoms with Crippen molar-refractivity contribution in [3.8, 4) is 5.75 Å². The molecule has 5 unspecified atom stereocenters. The van der Waals surface area contributed by atoms with Gasteiger partial charge in [0.2, 0.25) is 0 Å². The number of aliphatic hydroxyl groups is 1. The summed E-state index contributed by atoms with van der Waals surface area (Å²) in [6, 6.07) is 6.66. The number of aliphatic hydroxyl groups excluding tert-OH is 1. The molecule has 0 heterocycles. The molecule has 4 rings (SSSR count). The molecule has 1 aromatic carbocycles. The average Bonchev–Trinajstić information content (AvgIpc) is 2.88. The number of aryl methyl sites for hydroxylation is 1. The third-order valence-corrected chi connectivity index (χ3v) is 6.03. The highest BCUT2D eigenvalue weighted by molar-refractivity contribution is 5.38. The number of hydrogen-bond donors (Lipinski definition) is 2. The highest BCUT2D eigenvalue weighted by Crippen LogP contribution is 2.65. The van der Waals surface area contributed by atoms with Crippen LogP contribution in [-0.2, 0) is 0 Å². The average molecular weight is 287 g/mol. The molecular weight excluding hydrogens is 262 g/mol. The minimum atomic E-state index is -0.487. The lowest BCUT2D eigenvalue weighted by molar-refractivity contribution is 0.167. The SMILES string of the molecule is COc1ccc(C)cc1C(O)CNC1C2C3CCC(C3)C12. The zero-order valence-corrected chi connectivity index (χ0v) is 12.9. The van der Waals surface area contributed by atoms with Gasteiger partial charge in [-0.25, -0.2) is 0 Å². The molecule has 1 aromatic rings. The van der Waals surface area contributed by atoms with E-state index in [-0.39, 0.29) is 0 Å². The summed E-state index contributed by atoms with van der Waals surface area (Å²) in [5, 5.41) is 14.1. The molecule has 3 fully saturated rings. The monoisotopic (exact) mass is 287 g/mol. The van der Waals surface area contributed by atoms with E-state index < -0.39 is 6.10 Å². The maximum absolute atomic E-state index is 10.5. The summed E-state index contributed by atoms with van der Waals surface area (Å²) in [5.41, 5.74) is 2.06. The lowest BCUT2D eigenvalue weighted by atomic mass is 10.0. The summed E-state index contributed by atoms with van der Waals surface area (Å²) < 4.78 is 5.37. The lowest BCUT2D eigenvalue weighted by Gasteiger charge is -2.17. The predicted molar refractivity (Wildman–Crippen MR) is 82.3 cm³/mol. The Morgan fingerprint density at radius 1 is 1.29 bits per heavy atom. The van der Waals surface area contributed by atoms with E-state index in [1.54, 1.807) is 7.11 Å². The fourth-order valence-electron chi connectivity index (χ4n) is 5.07. The summed E-state index contributed by atoms with van der Waals surface area (Å²) in [6.45, 7) is 2.68. The predicted octanol–water partition coefficient (Wildman–Crippen LogP) is 2.67. The Balaban J connectivity index is 1.39. The Labute approximate surface area is 126 Å². The van der Waals surface area contributed by atoms with E-state index >= 15 is 0 Å². The quantitative estimate of drug-likeness (QED) is 0.875. The van der Waals surface area contributed by atoms with Crippen molar-refractivity contribution in [3.63, 3.8) is 0 Å². The molecular formula is C18H25NO2. The third-order valence-electron chi connectivity index (χ3n) is 6.03. The summed E-state index contributed by atoms with van der Waals surface area (Å²) in [5.74, 6) is 4.56. The molecule has 3 aliphatic carbocycles. The number of benzene rings is 1. The molecule has 5 atom stereocenters. The van der Waals surface area contributed by atoms with Crippen LogP contribution in [0.2, 0.25) is 0 Å². The van der Waals surface area contributed by atoms with Crippen molar-refractivity contribution in [1.82, 2.24) is 5.32 Å². The molecule has 0 aromatic heterocycles. The van der Waals surface area contributed by atoms with Gasteiger partial charge in [0.05, 0.1) is 13.2 Å². The summed E-state index contributed by atoms with van der Waals surface area (Å²) in [6.07, 6.45) is 3.87. The van der Waals surface area contributed by atoms with Crippen LogP contribution in [0.5, 0.6) is 5.75 Å². The van der Waals surface area contributed by atoms with Gasteiger partial charge in [0.15, 0.2) is 0 Å². The fraction of sp³-hybridized carbons (Fsp3) is 0.667. The van der Waals surface area contributed by atoms with Crippen molar-refractivity contribution in [2.75, 3.05) is 13.7 Å². The van der Waals surface area contributed by atoms with Crippen molar-refractivity contribution in [2.45, 2.75) is 38.3 Å². The second-order valence-corrected chi connectivity index (χ2v) is 7.18. The van der Waals surface area contributed by atoms with E-state index in [1.165, 1.54) is 19.3 Å². The first kappa shape index (κ1) is 13.6. The van der Waals surface area contributed by atoms with Crippen LogP contribution in [0.3, 0.4) is 0 Å². The second-order valence-electron chi connectivity index (χ2n) is 7.18. The zero-order valence-electron chi connectivity index (χ0n) is 12.9. The Bertz CT molecular complexity index is 528. The van der Waals surface area contributed by atoms with Crippen LogP contribution in [0.15, 0.2) is 18.2 Å². The molecule has 3 aliphatic rings. The van der Waals surface area contributed by atoms with E-state index in [0.29, 0.717) is 12.6 Å². The van der Waals surface area contributed by atoms with Gasteiger partial charge in [0, 0.05) is 18.2 Å². The fourth-order valence-corrected chi connectivity index (χ4v) is 5.07. The van der Waals surface area contributed by atoms with Crippen molar-refractivity contribution in [1.29, 1.82) is 0 Å². The van der Waals surface area contributed by atoms with Gasteiger partial charge in [-0.1, -0.05) is 11.6 Å². The molecule has 3 nitrogen and oxygen atoms in total. The number of ether oxygens (including phenoxy) is 1. The van der Waals surface area contributed by atoms with Gasteiger partial charge >= 0.3 is 0 Å². The second kappa shape index (κ2) is 4.99. The Kier molecular flexibility index (Phi) is 3.23. The van der Waals surface area contributed by atoms with Gasteiger partial charge in [-0.15, -0.1) is 0 Å². The van der Waals surface area contributed by atoms with Gasteiger partial charge < -0.3 is 15.2 Å². The molecule has 0 saturated heterocycles. The molecule has 114 valence electrons. The first-order chi connectivity index (χ1) is 10.2. The molecule has 2 N–H and O–H groups in total. The summed E-state index contributed by atoms with van der Waals surface area (Å²) in [7, 11) is 1.66. The zero-order chi connectivity index (χ0) is 14.6. The topological polar surface area (TPSA) is 41.5 Å². The van der Waals surface area contributed by atoms with E-state index in [4.69, 9.17) is 4.74 Å². The maximum Gasteiger partial charge on any atom is 0.124 e. The third kappa shape index (κ3) is 2.18. The molecule has 2 bridgehead atoms. The molecule has 3 heteroatoms. The molecule has 0 amide bonds. The smallest absolute Gasteiger partial charge is 0.124 e. The Morgan fingerprint density at radius 3 is 2.67 bits per heavy atom. The number of hydrogen-bond acceptors (Lipinski definition) is 3. The van der Waals surface area contributed by atoms with Crippen LogP contribution in [0.4, 0.5) is 0 Å². The summed E-state index contributed by atoms with van der Waals surface area (Å²) >= 11 is 0. The first-order valence-electron chi connectivity index (χ1n) is 8.25. The summed E-state index contributed by atoms with van der Waals surface area (Å²) in [4.78, 5) is 0. The van der Waals surface area contributed by atoms with Crippen molar-refractivity contribution >= 4 is 0 Å². The van der Waals surface area contributed by atoms with Crippen LogP contribution in [0.25, 0.3) is 0 Å². The van der Waals surface area contributed by atoms with Gasteiger partial charge in [-0.2, -0.15) is 0 Å². The minimum absolute atomic E-state index is 0.487. The van der Waals surface area contributed by atoms with Crippen LogP contribution < -0.4 is 10.1 Å². The van der Waals surface area contributed by atoms with Crippen molar-refractivity contribution in [2.24, 2.45) is 23.7 Å². The lowest BCUT2D eigenvalue weighted by Crippen LogP contribution is -2.28. The standard InChI is InChI=1S/C18H25NO2/c1-10-3-6-15(21-2)13(7-10)14(20)9-19-18-16-11-4-5-12(8-11)17(16)18/h3,6-7,11-12,14,16-20H,4-5,8-9H2,1-2H3. The number of fused-ring (bicyclic) bond motifs is 5. The number of nitrogens with one attached hydrogen (secondary N) is 1. The van der Waals surface area contributed by atoms with Gasteiger partial charge in [-0.05, 0) is 62.0 Å². The molecule has 0 aliphatic heterocycles. The van der Waals surface area contributed by atoms with Crippen molar-refractivity contribution < 1.29 is 9.84 Å². The van der Waals surface area contributed by atoms with Gasteiger partial charge in [0.1, 0.15) is 5.75 Å². The van der Waals surface area contributed by atoms with Crippen LogP contribution >= 0.6 is 0 Å². The minimum Gasteiger partial charge on any atom is -0.496 e. The van der Waals surface area contributed by atoms with Crippen molar-refractivity contribution in [3.05, 3.63) is 29.3 Å². The Morgan fingerprint density at radius 2 is 2.00 bits per heavy atom. The Hall–Kier alpha value is -1.06. The highest BCUT2D eigenvalue weighted by atomic mass is 16.5. The van der Waals surface area contributed by atoms with E-state index in [0.717, 1.165) is 40.5 Å². The van der Waals surface area contributed by atoms with Crippen LogP contribution in [-0.4, -0.2) is 24.8 Å². The highest BCUT2D eigenvalue weighted by Gasteiger charge is 2.64. The van der Waals surface area contributed by atoms with Crippen LogP contribution in [0.1, 0.15) is 36.5 Å². The maximum atomic E-state index is 10.5. The molecule has 0 spiro atoms. The number of rotatable bonds is 5. The first-order valence-corrected chi connectivity index (χ1v) is 8.25. The molecule has 3 saturated carbocycles. The van der Waals surface area contributed by atoms with E-state index in [9.17, 15) is 5.11 Å². The molecule has 21 heavy (non-hydrogen) atoms. The van der Waals surface area contributed by atoms with Crippen LogP contribution in [0, 0.1) is 30.6 Å². The van der Waals surface area contributed by atoms with Gasteiger partial charge in [0.25, 0.3) is 0 Å². The van der Waals surface area contributed by atoms with Gasteiger partial charge in [-0.3, -0.25) is 0 Å². The molecule has 0 radical (unpaired) electrons. The largest absolute Gasteiger partial charge is 0.496 e. The van der Waals surface area contributed by atoms with E-state index in [1.807, 2.05) is 25.1 Å².